The van der Waals surface area contributed by atoms with Crippen LogP contribution in [0.4, 0.5) is 0 Å². The van der Waals surface area contributed by atoms with Gasteiger partial charge in [-0.15, -0.1) is 0 Å². The molecular weight excluding hydrogens is 244 g/mol. The van der Waals surface area contributed by atoms with Gasteiger partial charge in [-0.25, -0.2) is 0 Å². The average molecular weight is 269 g/mol. The van der Waals surface area contributed by atoms with E-state index in [-0.39, 0.29) is 11.1 Å². The first kappa shape index (κ1) is 16.4. The third kappa shape index (κ3) is 4.27. The third-order valence-electron chi connectivity index (χ3n) is 3.33. The van der Waals surface area contributed by atoms with Gasteiger partial charge in [-0.3, -0.25) is 0 Å². The van der Waals surface area contributed by atoms with Crippen molar-refractivity contribution in [1.29, 1.82) is 10.5 Å². The maximum Gasteiger partial charge on any atom is 0.190 e. The fourth-order valence-corrected chi connectivity index (χ4v) is 11.4. The smallest absolute Gasteiger partial charge is 0.190 e. The predicted octanol–water partition coefficient (Wildman–Crippen LogP) is 4.02. The summed E-state index contributed by atoms with van der Waals surface area (Å²) >= 11 is 0. The Kier molecular flexibility index (Phi) is 6.11. The van der Waals surface area contributed by atoms with Gasteiger partial charge in [-0.1, -0.05) is 13.8 Å². The minimum Gasteiger partial charge on any atom is -0.454 e. The first-order valence-corrected chi connectivity index (χ1v) is 12.2. The van der Waals surface area contributed by atoms with E-state index in [1.54, 1.807) is 0 Å². The molecule has 0 heterocycles. The number of nitriles is 2. The molecular formula is C12H24N2OSi2. The highest BCUT2D eigenvalue weighted by molar-refractivity contribution is 6.86. The van der Waals surface area contributed by atoms with E-state index < -0.39 is 16.6 Å². The second-order valence-corrected chi connectivity index (χ2v) is 14.1. The molecule has 0 amide bonds. The second-order valence-electron chi connectivity index (χ2n) is 5.49. The molecule has 0 saturated heterocycles. The predicted molar refractivity (Wildman–Crippen MR) is 75.4 cm³/mol. The fraction of sp³-hybridized carbons (Fsp3) is 0.833. The van der Waals surface area contributed by atoms with Crippen molar-refractivity contribution < 1.29 is 4.12 Å². The van der Waals surface area contributed by atoms with Crippen LogP contribution in [0.5, 0.6) is 0 Å². The zero-order chi connectivity index (χ0) is 13.7. The minimum absolute atomic E-state index is 0.0190. The Labute approximate surface area is 108 Å². The molecule has 2 unspecified atom stereocenters. The van der Waals surface area contributed by atoms with Crippen LogP contribution in [0.3, 0.4) is 0 Å². The molecule has 0 aliphatic heterocycles. The number of hydrogen-bond acceptors (Lipinski definition) is 3. The summed E-state index contributed by atoms with van der Waals surface area (Å²) in [5.41, 5.74) is 0.0379. The van der Waals surface area contributed by atoms with Crippen LogP contribution < -0.4 is 0 Å². The van der Waals surface area contributed by atoms with Gasteiger partial charge in [0.15, 0.2) is 16.6 Å². The number of hydrogen-bond donors (Lipinski definition) is 0. The molecule has 0 fully saturated rings. The Balaban J connectivity index is 4.94. The molecule has 0 aliphatic rings. The lowest BCUT2D eigenvalue weighted by Gasteiger charge is -2.38. The zero-order valence-electron chi connectivity index (χ0n) is 11.9. The Bertz CT molecular complexity index is 296. The molecule has 0 aromatic carbocycles. The van der Waals surface area contributed by atoms with Crippen LogP contribution in [-0.4, -0.2) is 16.6 Å². The average Bonchev–Trinajstić information content (AvgIpc) is 2.18. The highest BCUT2D eigenvalue weighted by Gasteiger charge is 2.42. The van der Waals surface area contributed by atoms with Crippen molar-refractivity contribution in [2.75, 3.05) is 0 Å². The normalized spacial score (nSPS) is 15.8. The van der Waals surface area contributed by atoms with E-state index in [2.05, 4.69) is 38.3 Å². The van der Waals surface area contributed by atoms with Crippen LogP contribution in [0, 0.1) is 22.7 Å². The van der Waals surface area contributed by atoms with Crippen LogP contribution in [-0.2, 0) is 4.12 Å². The highest BCUT2D eigenvalue weighted by atomic mass is 28.4. The number of nitrogens with zero attached hydrogens (tertiary/aromatic N) is 2. The summed E-state index contributed by atoms with van der Waals surface area (Å²) in [5, 5.41) is 18.3. The fourth-order valence-electron chi connectivity index (χ4n) is 2.30. The van der Waals surface area contributed by atoms with Gasteiger partial charge in [0.05, 0.1) is 23.2 Å². The summed E-state index contributed by atoms with van der Waals surface area (Å²) in [6.07, 6.45) is 1.67. The summed E-state index contributed by atoms with van der Waals surface area (Å²) in [5.74, 6) is 0. The van der Waals surface area contributed by atoms with E-state index in [1.165, 1.54) is 0 Å². The maximum absolute atomic E-state index is 9.17. The van der Waals surface area contributed by atoms with Crippen molar-refractivity contribution in [3.63, 3.8) is 0 Å². The van der Waals surface area contributed by atoms with E-state index in [0.29, 0.717) is 0 Å². The first-order valence-electron chi connectivity index (χ1n) is 6.24. The molecule has 5 heteroatoms. The summed E-state index contributed by atoms with van der Waals surface area (Å²) in [6.45, 7) is 12.5. The molecule has 0 spiro atoms. The molecule has 0 aromatic rings. The van der Waals surface area contributed by atoms with Crippen molar-refractivity contribution in [3.8, 4) is 12.1 Å². The largest absolute Gasteiger partial charge is 0.454 e. The van der Waals surface area contributed by atoms with Crippen molar-refractivity contribution >= 4 is 16.6 Å². The second kappa shape index (κ2) is 6.35. The molecule has 0 bridgehead atoms. The van der Waals surface area contributed by atoms with Crippen molar-refractivity contribution in [2.45, 2.75) is 64.0 Å². The van der Waals surface area contributed by atoms with Crippen LogP contribution in [0.1, 0.15) is 26.7 Å². The van der Waals surface area contributed by atoms with E-state index in [1.807, 2.05) is 13.8 Å². The van der Waals surface area contributed by atoms with Gasteiger partial charge < -0.3 is 4.12 Å². The number of rotatable bonds is 6. The van der Waals surface area contributed by atoms with E-state index in [0.717, 1.165) is 12.8 Å². The van der Waals surface area contributed by atoms with Gasteiger partial charge in [0, 0.05) is 0 Å². The Morgan fingerprint density at radius 2 is 1.18 bits per heavy atom. The van der Waals surface area contributed by atoms with Crippen LogP contribution in [0.25, 0.3) is 0 Å². The summed E-state index contributed by atoms with van der Waals surface area (Å²) in [6, 6.07) is 4.73. The summed E-state index contributed by atoms with van der Waals surface area (Å²) in [4.78, 5) is 0. The van der Waals surface area contributed by atoms with Crippen LogP contribution >= 0.6 is 0 Å². The molecule has 2 atom stereocenters. The molecule has 17 heavy (non-hydrogen) atoms. The molecule has 0 aliphatic carbocycles. The Morgan fingerprint density at radius 1 is 0.882 bits per heavy atom. The lowest BCUT2D eigenvalue weighted by atomic mass is 10.4. The first-order chi connectivity index (χ1) is 7.75. The van der Waals surface area contributed by atoms with Crippen molar-refractivity contribution in [1.82, 2.24) is 0 Å². The lowest BCUT2D eigenvalue weighted by Crippen LogP contribution is -2.49. The molecule has 0 radical (unpaired) electrons. The minimum atomic E-state index is -2.01. The van der Waals surface area contributed by atoms with E-state index in [9.17, 15) is 0 Å². The van der Waals surface area contributed by atoms with E-state index in [4.69, 9.17) is 14.6 Å². The topological polar surface area (TPSA) is 56.8 Å². The summed E-state index contributed by atoms with van der Waals surface area (Å²) < 4.78 is 6.35. The third-order valence-corrected chi connectivity index (χ3v) is 12.0. The van der Waals surface area contributed by atoms with Gasteiger partial charge >= 0.3 is 0 Å². The lowest BCUT2D eigenvalue weighted by molar-refractivity contribution is 0.512. The molecule has 0 aromatic heterocycles. The Hall–Kier alpha value is -0.626. The van der Waals surface area contributed by atoms with Gasteiger partial charge in [-0.05, 0) is 39.0 Å². The van der Waals surface area contributed by atoms with Crippen molar-refractivity contribution in [3.05, 3.63) is 0 Å². The quantitative estimate of drug-likeness (QED) is 0.684. The molecule has 0 saturated carbocycles. The monoisotopic (exact) mass is 268 g/mol. The maximum atomic E-state index is 9.17. The van der Waals surface area contributed by atoms with E-state index >= 15 is 0 Å². The SMILES string of the molecule is CCC(C#N)[Si](C)(C)O[Si](C)(C)C(C#N)CC. The Morgan fingerprint density at radius 3 is 1.35 bits per heavy atom. The van der Waals surface area contributed by atoms with Gasteiger partial charge in [0.2, 0.25) is 0 Å². The van der Waals surface area contributed by atoms with Gasteiger partial charge in [-0.2, -0.15) is 10.5 Å². The molecule has 3 nitrogen and oxygen atoms in total. The van der Waals surface area contributed by atoms with Crippen LogP contribution in [0.15, 0.2) is 0 Å². The van der Waals surface area contributed by atoms with Crippen LogP contribution in [0.2, 0.25) is 37.3 Å². The zero-order valence-corrected chi connectivity index (χ0v) is 13.9. The molecule has 96 valence electrons. The van der Waals surface area contributed by atoms with Crippen molar-refractivity contribution in [2.24, 2.45) is 0 Å². The summed E-state index contributed by atoms with van der Waals surface area (Å²) in [7, 11) is -4.03. The van der Waals surface area contributed by atoms with Gasteiger partial charge in [0.1, 0.15) is 0 Å². The molecule has 0 rings (SSSR count). The highest BCUT2D eigenvalue weighted by Crippen LogP contribution is 2.34. The van der Waals surface area contributed by atoms with Gasteiger partial charge in [0.25, 0.3) is 0 Å². The molecule has 0 N–H and O–H groups in total. The standard InChI is InChI=1S/C12H24N2OSi2/c1-7-11(9-13)16(3,4)15-17(5,6)12(8-2)10-14/h11-12H,7-8H2,1-6H3.